The first-order chi connectivity index (χ1) is 17.7. The molecule has 2 aliphatic rings. The van der Waals surface area contributed by atoms with Crippen molar-refractivity contribution in [1.29, 1.82) is 0 Å². The third-order valence-corrected chi connectivity index (χ3v) is 7.73. The molecule has 2 amide bonds. The van der Waals surface area contributed by atoms with Gasteiger partial charge in [0.25, 0.3) is 0 Å². The number of benzene rings is 1. The minimum Gasteiger partial charge on any atom is -0.343 e. The summed E-state index contributed by atoms with van der Waals surface area (Å²) in [5.74, 6) is -0.264. The summed E-state index contributed by atoms with van der Waals surface area (Å²) in [5, 5.41) is 5.94. The molecule has 0 spiro atoms. The van der Waals surface area contributed by atoms with Crippen LogP contribution in [-0.2, 0) is 15.8 Å². The van der Waals surface area contributed by atoms with Crippen molar-refractivity contribution in [2.45, 2.75) is 76.2 Å². The summed E-state index contributed by atoms with van der Waals surface area (Å²) in [6.45, 7) is 2.29. The monoisotopic (exact) mass is 516 g/mol. The van der Waals surface area contributed by atoms with Gasteiger partial charge in [0, 0.05) is 24.5 Å². The minimum atomic E-state index is -4.49. The number of nitrogens with zero attached hydrogens (tertiary/aromatic N) is 2. The molecule has 1 aromatic heterocycles. The first-order valence-corrected chi connectivity index (χ1v) is 13.1. The molecular formula is C28H35F3N4O2. The van der Waals surface area contributed by atoms with E-state index in [9.17, 15) is 22.8 Å². The molecule has 37 heavy (non-hydrogen) atoms. The van der Waals surface area contributed by atoms with Crippen LogP contribution < -0.4 is 10.6 Å². The van der Waals surface area contributed by atoms with Gasteiger partial charge < -0.3 is 15.5 Å². The fourth-order valence-electron chi connectivity index (χ4n) is 5.58. The summed E-state index contributed by atoms with van der Waals surface area (Å²) in [6.07, 6.45) is 4.99. The maximum Gasteiger partial charge on any atom is 0.417 e. The SMILES string of the molecule is CNC(C)C(=O)N[C@H](C(=O)N1CCCC1c1cncc(-c2ccccc2C(F)(F)F)c1)C1CCCCC1. The Morgan fingerprint density at radius 2 is 1.78 bits per heavy atom. The lowest BCUT2D eigenvalue weighted by Crippen LogP contribution is -2.55. The summed E-state index contributed by atoms with van der Waals surface area (Å²) in [6, 6.07) is 5.82. The first-order valence-electron chi connectivity index (χ1n) is 13.1. The van der Waals surface area contributed by atoms with Crippen molar-refractivity contribution >= 4 is 11.8 Å². The number of likely N-dealkylation sites (tertiary alicyclic amines) is 1. The van der Waals surface area contributed by atoms with Crippen molar-refractivity contribution in [2.75, 3.05) is 13.6 Å². The van der Waals surface area contributed by atoms with Crippen LogP contribution >= 0.6 is 0 Å². The van der Waals surface area contributed by atoms with Crippen molar-refractivity contribution in [3.8, 4) is 11.1 Å². The number of hydrogen-bond acceptors (Lipinski definition) is 4. The second kappa shape index (κ2) is 11.6. The molecule has 1 aromatic carbocycles. The molecule has 6 nitrogen and oxygen atoms in total. The van der Waals surface area contributed by atoms with Crippen LogP contribution in [0, 0.1) is 5.92 Å². The minimum absolute atomic E-state index is 0.0635. The maximum atomic E-state index is 13.9. The Hall–Kier alpha value is -2.94. The molecule has 2 unspecified atom stereocenters. The zero-order valence-corrected chi connectivity index (χ0v) is 21.4. The molecule has 2 heterocycles. The van der Waals surface area contributed by atoms with E-state index in [2.05, 4.69) is 15.6 Å². The Kier molecular flexibility index (Phi) is 8.52. The first kappa shape index (κ1) is 27.1. The van der Waals surface area contributed by atoms with Crippen LogP contribution in [0.4, 0.5) is 13.2 Å². The van der Waals surface area contributed by atoms with Gasteiger partial charge in [-0.05, 0) is 68.8 Å². The van der Waals surface area contributed by atoms with Crippen molar-refractivity contribution in [3.63, 3.8) is 0 Å². The number of amides is 2. The molecule has 2 aromatic rings. The van der Waals surface area contributed by atoms with E-state index >= 15 is 0 Å². The van der Waals surface area contributed by atoms with Crippen LogP contribution in [0.1, 0.15) is 69.0 Å². The molecule has 1 aliphatic heterocycles. The maximum absolute atomic E-state index is 13.9. The van der Waals surface area contributed by atoms with Crippen LogP contribution in [0.3, 0.4) is 0 Å². The van der Waals surface area contributed by atoms with Gasteiger partial charge in [-0.25, -0.2) is 0 Å². The lowest BCUT2D eigenvalue weighted by Gasteiger charge is -2.35. The third kappa shape index (κ3) is 6.14. The lowest BCUT2D eigenvalue weighted by atomic mass is 9.83. The molecule has 200 valence electrons. The molecule has 1 saturated heterocycles. The van der Waals surface area contributed by atoms with Crippen LogP contribution in [-0.4, -0.2) is 47.4 Å². The second-order valence-corrected chi connectivity index (χ2v) is 10.1. The van der Waals surface area contributed by atoms with Gasteiger partial charge in [-0.2, -0.15) is 13.2 Å². The summed E-state index contributed by atoms with van der Waals surface area (Å²) >= 11 is 0. The van der Waals surface area contributed by atoms with E-state index in [4.69, 9.17) is 0 Å². The number of carbonyl (C=O) groups excluding carboxylic acids is 2. The van der Waals surface area contributed by atoms with Crippen molar-refractivity contribution in [2.24, 2.45) is 5.92 Å². The molecule has 2 fully saturated rings. The highest BCUT2D eigenvalue weighted by molar-refractivity contribution is 5.90. The highest BCUT2D eigenvalue weighted by Crippen LogP contribution is 2.39. The molecule has 1 saturated carbocycles. The fourth-order valence-corrected chi connectivity index (χ4v) is 5.58. The lowest BCUT2D eigenvalue weighted by molar-refractivity contribution is -0.139. The van der Waals surface area contributed by atoms with Gasteiger partial charge in [0.15, 0.2) is 0 Å². The largest absolute Gasteiger partial charge is 0.417 e. The van der Waals surface area contributed by atoms with Crippen molar-refractivity contribution < 1.29 is 22.8 Å². The standard InChI is InChI=1S/C28H35F3N4O2/c1-18(32-2)26(36)34-25(19-9-4-3-5-10-19)27(37)35-14-8-13-24(35)21-15-20(16-33-17-21)22-11-6-7-12-23(22)28(29,30)31/h6-7,11-12,15-19,24-25,32H,3-5,8-10,13-14H2,1-2H3,(H,34,36)/t18?,24?,25-/m0/s1. The number of hydrogen-bond donors (Lipinski definition) is 2. The number of rotatable bonds is 7. The smallest absolute Gasteiger partial charge is 0.343 e. The van der Waals surface area contributed by atoms with E-state index in [0.717, 1.165) is 44.6 Å². The van der Waals surface area contributed by atoms with Crippen LogP contribution in [0.25, 0.3) is 11.1 Å². The van der Waals surface area contributed by atoms with Gasteiger partial charge in [-0.15, -0.1) is 0 Å². The normalized spacial score (nSPS) is 20.5. The number of aromatic nitrogens is 1. The van der Waals surface area contributed by atoms with Crippen LogP contribution in [0.2, 0.25) is 0 Å². The van der Waals surface area contributed by atoms with Gasteiger partial charge in [0.05, 0.1) is 17.6 Å². The third-order valence-electron chi connectivity index (χ3n) is 7.73. The molecule has 3 atom stereocenters. The predicted molar refractivity (Wildman–Crippen MR) is 135 cm³/mol. The quantitative estimate of drug-likeness (QED) is 0.537. The van der Waals surface area contributed by atoms with E-state index < -0.39 is 23.8 Å². The topological polar surface area (TPSA) is 74.3 Å². The van der Waals surface area contributed by atoms with E-state index in [-0.39, 0.29) is 29.3 Å². The Labute approximate surface area is 216 Å². The summed E-state index contributed by atoms with van der Waals surface area (Å²) in [5.41, 5.74) is 0.419. The van der Waals surface area contributed by atoms with Crippen LogP contribution in [0.15, 0.2) is 42.7 Å². The number of alkyl halides is 3. The number of likely N-dealkylation sites (N-methyl/N-ethyl adjacent to an activating group) is 1. The fraction of sp³-hybridized carbons (Fsp3) is 0.536. The van der Waals surface area contributed by atoms with E-state index in [1.54, 1.807) is 37.2 Å². The average molecular weight is 517 g/mol. The molecule has 4 rings (SSSR count). The molecule has 1 aliphatic carbocycles. The van der Waals surface area contributed by atoms with E-state index in [1.165, 1.54) is 18.3 Å². The summed E-state index contributed by atoms with van der Waals surface area (Å²) < 4.78 is 40.9. The number of nitrogens with one attached hydrogen (secondary N) is 2. The molecule has 2 N–H and O–H groups in total. The zero-order chi connectivity index (χ0) is 26.6. The van der Waals surface area contributed by atoms with Gasteiger partial charge in [0.2, 0.25) is 11.8 Å². The summed E-state index contributed by atoms with van der Waals surface area (Å²) in [4.78, 5) is 32.8. The predicted octanol–water partition coefficient (Wildman–Crippen LogP) is 5.10. The van der Waals surface area contributed by atoms with Crippen molar-refractivity contribution in [1.82, 2.24) is 20.5 Å². The Morgan fingerprint density at radius 1 is 1.05 bits per heavy atom. The number of halogens is 3. The molecule has 9 heteroatoms. The van der Waals surface area contributed by atoms with E-state index in [1.807, 2.05) is 0 Å². The molecule has 0 bridgehead atoms. The Balaban J connectivity index is 1.62. The zero-order valence-electron chi connectivity index (χ0n) is 21.4. The molecule has 0 radical (unpaired) electrons. The Morgan fingerprint density at radius 3 is 2.49 bits per heavy atom. The Bertz CT molecular complexity index is 1100. The highest BCUT2D eigenvalue weighted by Gasteiger charge is 2.39. The molecular weight excluding hydrogens is 481 g/mol. The van der Waals surface area contributed by atoms with Crippen molar-refractivity contribution in [3.05, 3.63) is 53.9 Å². The number of carbonyl (C=O) groups is 2. The van der Waals surface area contributed by atoms with Gasteiger partial charge in [-0.3, -0.25) is 14.6 Å². The van der Waals surface area contributed by atoms with Crippen LogP contribution in [0.5, 0.6) is 0 Å². The van der Waals surface area contributed by atoms with Gasteiger partial charge >= 0.3 is 6.18 Å². The number of pyridine rings is 1. The average Bonchev–Trinajstić information content (AvgIpc) is 3.41. The second-order valence-electron chi connectivity index (χ2n) is 10.1. The van der Waals surface area contributed by atoms with Gasteiger partial charge in [-0.1, -0.05) is 37.5 Å². The highest BCUT2D eigenvalue weighted by atomic mass is 19.4. The van der Waals surface area contributed by atoms with E-state index in [0.29, 0.717) is 24.1 Å². The van der Waals surface area contributed by atoms with Gasteiger partial charge in [0.1, 0.15) is 6.04 Å². The summed E-state index contributed by atoms with van der Waals surface area (Å²) in [7, 11) is 1.70.